The van der Waals surface area contributed by atoms with Crippen molar-refractivity contribution in [3.63, 3.8) is 0 Å². The molecule has 3 rings (SSSR count). The first kappa shape index (κ1) is 14.8. The number of nitrogens with one attached hydrogen (secondary N) is 1. The van der Waals surface area contributed by atoms with Gasteiger partial charge in [0.2, 0.25) is 0 Å². The molecule has 1 aromatic rings. The number of hydrogen-bond donors (Lipinski definition) is 1. The largest absolute Gasteiger partial charge is 0.372 e. The molecule has 0 heterocycles. The van der Waals surface area contributed by atoms with Gasteiger partial charge in [-0.25, -0.2) is 4.39 Å². The summed E-state index contributed by atoms with van der Waals surface area (Å²) in [6, 6.07) is 6.71. The summed E-state index contributed by atoms with van der Waals surface area (Å²) in [4.78, 5) is 2.29. The zero-order chi connectivity index (χ0) is 14.8. The second-order valence-electron chi connectivity index (χ2n) is 7.01. The van der Waals surface area contributed by atoms with Crippen LogP contribution in [0.15, 0.2) is 18.2 Å². The molecule has 0 aliphatic heterocycles. The van der Waals surface area contributed by atoms with Crippen LogP contribution in [0.25, 0.3) is 0 Å². The third kappa shape index (κ3) is 3.97. The van der Waals surface area contributed by atoms with Crippen molar-refractivity contribution in [3.8, 4) is 0 Å². The van der Waals surface area contributed by atoms with Gasteiger partial charge in [-0.3, -0.25) is 0 Å². The molecular weight excluding hydrogens is 263 g/mol. The lowest BCUT2D eigenvalue weighted by molar-refractivity contribution is 0.336. The Bertz CT molecular complexity index is 484. The quantitative estimate of drug-likeness (QED) is 0.878. The molecule has 2 saturated carbocycles. The third-order valence-corrected chi connectivity index (χ3v) is 4.98. The molecule has 0 bridgehead atoms. The zero-order valence-electron chi connectivity index (χ0n) is 13.2. The Morgan fingerprint density at radius 2 is 2.00 bits per heavy atom. The smallest absolute Gasteiger partial charge is 0.125 e. The molecule has 1 N–H and O–H groups in total. The van der Waals surface area contributed by atoms with Gasteiger partial charge in [0.1, 0.15) is 5.82 Å². The highest BCUT2D eigenvalue weighted by atomic mass is 19.1. The van der Waals surface area contributed by atoms with Crippen LogP contribution in [-0.4, -0.2) is 19.1 Å². The first-order chi connectivity index (χ1) is 10.1. The highest BCUT2D eigenvalue weighted by molar-refractivity contribution is 5.49. The number of halogens is 1. The van der Waals surface area contributed by atoms with Crippen LogP contribution in [-0.2, 0) is 6.54 Å². The predicted molar refractivity (Wildman–Crippen MR) is 86.1 cm³/mol. The normalized spacial score (nSPS) is 25.9. The second kappa shape index (κ2) is 6.35. The van der Waals surface area contributed by atoms with Crippen molar-refractivity contribution >= 4 is 5.69 Å². The van der Waals surface area contributed by atoms with Crippen molar-refractivity contribution in [1.29, 1.82) is 0 Å². The van der Waals surface area contributed by atoms with E-state index in [1.807, 2.05) is 0 Å². The predicted octanol–water partition coefficient (Wildman–Crippen LogP) is 4.09. The fourth-order valence-electron chi connectivity index (χ4n) is 3.45. The summed E-state index contributed by atoms with van der Waals surface area (Å²) in [7, 11) is 2.12. The molecule has 1 aromatic carbocycles. The van der Waals surface area contributed by atoms with E-state index in [1.54, 1.807) is 12.1 Å². The van der Waals surface area contributed by atoms with E-state index < -0.39 is 0 Å². The molecule has 0 radical (unpaired) electrons. The van der Waals surface area contributed by atoms with Crippen LogP contribution in [0.5, 0.6) is 0 Å². The molecule has 0 spiro atoms. The lowest BCUT2D eigenvalue weighted by Crippen LogP contribution is -2.35. The average Bonchev–Trinajstić information content (AvgIpc) is 3.28. The van der Waals surface area contributed by atoms with Crippen LogP contribution < -0.4 is 10.2 Å². The van der Waals surface area contributed by atoms with Gasteiger partial charge in [-0.05, 0) is 55.4 Å². The van der Waals surface area contributed by atoms with Crippen molar-refractivity contribution in [2.45, 2.75) is 64.1 Å². The monoisotopic (exact) mass is 290 g/mol. The number of nitrogens with zero attached hydrogens (tertiary/aromatic N) is 1. The summed E-state index contributed by atoms with van der Waals surface area (Å²) in [6.07, 6.45) is 7.62. The number of benzene rings is 1. The van der Waals surface area contributed by atoms with E-state index in [0.29, 0.717) is 12.1 Å². The first-order valence-electron chi connectivity index (χ1n) is 8.37. The molecule has 2 aliphatic rings. The van der Waals surface area contributed by atoms with Crippen molar-refractivity contribution in [1.82, 2.24) is 5.32 Å². The van der Waals surface area contributed by atoms with Gasteiger partial charge in [0.15, 0.2) is 0 Å². The highest BCUT2D eigenvalue weighted by Gasteiger charge is 2.23. The topological polar surface area (TPSA) is 15.3 Å². The Morgan fingerprint density at radius 3 is 2.71 bits per heavy atom. The van der Waals surface area contributed by atoms with Gasteiger partial charge < -0.3 is 10.2 Å². The first-order valence-corrected chi connectivity index (χ1v) is 8.37. The Kier molecular flexibility index (Phi) is 4.48. The van der Waals surface area contributed by atoms with Crippen LogP contribution in [0.2, 0.25) is 0 Å². The van der Waals surface area contributed by atoms with E-state index >= 15 is 0 Å². The summed E-state index contributed by atoms with van der Waals surface area (Å²) >= 11 is 0. The standard InChI is InChI=1S/C18H27FN2/c1-13-4-3-5-17(8-13)21(2)18-10-14(9-15(19)11-18)12-20-16-6-7-16/h9-11,13,16-17,20H,3-8,12H2,1-2H3. The van der Waals surface area contributed by atoms with Gasteiger partial charge in [-0.1, -0.05) is 19.8 Å². The fraction of sp³-hybridized carbons (Fsp3) is 0.667. The van der Waals surface area contributed by atoms with Gasteiger partial charge >= 0.3 is 0 Å². The van der Waals surface area contributed by atoms with E-state index in [2.05, 4.69) is 30.3 Å². The van der Waals surface area contributed by atoms with E-state index in [-0.39, 0.29) is 5.82 Å². The fourth-order valence-corrected chi connectivity index (χ4v) is 3.45. The molecule has 0 aromatic heterocycles. The van der Waals surface area contributed by atoms with Gasteiger partial charge in [0.25, 0.3) is 0 Å². The minimum Gasteiger partial charge on any atom is -0.372 e. The minimum absolute atomic E-state index is 0.115. The summed E-state index contributed by atoms with van der Waals surface area (Å²) < 4.78 is 13.9. The van der Waals surface area contributed by atoms with Crippen LogP contribution >= 0.6 is 0 Å². The summed E-state index contributed by atoms with van der Waals surface area (Å²) in [6.45, 7) is 3.11. The molecule has 0 saturated heterocycles. The highest BCUT2D eigenvalue weighted by Crippen LogP contribution is 2.30. The Hall–Kier alpha value is -1.09. The average molecular weight is 290 g/mol. The summed E-state index contributed by atoms with van der Waals surface area (Å²) in [5.41, 5.74) is 2.09. The van der Waals surface area contributed by atoms with Crippen LogP contribution in [0.3, 0.4) is 0 Å². The van der Waals surface area contributed by atoms with Crippen molar-refractivity contribution in [3.05, 3.63) is 29.6 Å². The van der Waals surface area contributed by atoms with Crippen LogP contribution in [0, 0.1) is 11.7 Å². The van der Waals surface area contributed by atoms with Crippen LogP contribution in [0.1, 0.15) is 51.0 Å². The molecule has 2 aliphatic carbocycles. The molecule has 116 valence electrons. The summed E-state index contributed by atoms with van der Waals surface area (Å²) in [5, 5.41) is 3.47. The van der Waals surface area contributed by atoms with Crippen molar-refractivity contribution in [2.24, 2.45) is 5.92 Å². The summed E-state index contributed by atoms with van der Waals surface area (Å²) in [5.74, 6) is 0.673. The van der Waals surface area contributed by atoms with Crippen molar-refractivity contribution < 1.29 is 4.39 Å². The molecule has 21 heavy (non-hydrogen) atoms. The van der Waals surface area contributed by atoms with E-state index in [1.165, 1.54) is 38.5 Å². The Morgan fingerprint density at radius 1 is 1.19 bits per heavy atom. The molecule has 2 unspecified atom stereocenters. The third-order valence-electron chi connectivity index (χ3n) is 4.98. The SMILES string of the molecule is CC1CCCC(N(C)c2cc(F)cc(CNC3CC3)c2)C1. The van der Waals surface area contributed by atoms with E-state index in [0.717, 1.165) is 23.7 Å². The molecule has 2 fully saturated rings. The van der Waals surface area contributed by atoms with Gasteiger partial charge in [0, 0.05) is 31.4 Å². The van der Waals surface area contributed by atoms with E-state index in [9.17, 15) is 4.39 Å². The molecule has 3 heteroatoms. The van der Waals surface area contributed by atoms with Gasteiger partial charge in [-0.2, -0.15) is 0 Å². The van der Waals surface area contributed by atoms with Crippen molar-refractivity contribution in [2.75, 3.05) is 11.9 Å². The minimum atomic E-state index is -0.115. The Labute approximate surface area is 127 Å². The zero-order valence-corrected chi connectivity index (χ0v) is 13.2. The lowest BCUT2D eigenvalue weighted by Gasteiger charge is -2.35. The molecule has 2 atom stereocenters. The number of hydrogen-bond acceptors (Lipinski definition) is 2. The maximum atomic E-state index is 13.9. The Balaban J connectivity index is 1.70. The molecule has 2 nitrogen and oxygen atoms in total. The molecular formula is C18H27FN2. The lowest BCUT2D eigenvalue weighted by atomic mass is 9.86. The van der Waals surface area contributed by atoms with E-state index in [4.69, 9.17) is 0 Å². The maximum Gasteiger partial charge on any atom is 0.125 e. The maximum absolute atomic E-state index is 13.9. The second-order valence-corrected chi connectivity index (χ2v) is 7.01. The van der Waals surface area contributed by atoms with Crippen LogP contribution in [0.4, 0.5) is 10.1 Å². The number of anilines is 1. The molecule has 0 amide bonds. The van der Waals surface area contributed by atoms with Gasteiger partial charge in [-0.15, -0.1) is 0 Å². The number of rotatable bonds is 5. The van der Waals surface area contributed by atoms with Gasteiger partial charge in [0.05, 0.1) is 0 Å².